The Labute approximate surface area is 74.9 Å². The van der Waals surface area contributed by atoms with E-state index in [1.165, 1.54) is 6.20 Å². The van der Waals surface area contributed by atoms with Gasteiger partial charge in [-0.05, 0) is 6.92 Å². The lowest BCUT2D eigenvalue weighted by Gasteiger charge is -1.99. The average Bonchev–Trinajstić information content (AvgIpc) is 2.51. The zero-order chi connectivity index (χ0) is 8.97. The van der Waals surface area contributed by atoms with Crippen LogP contribution in [0.2, 0.25) is 0 Å². The van der Waals surface area contributed by atoms with Crippen LogP contribution in [0, 0.1) is 0 Å². The van der Waals surface area contributed by atoms with E-state index in [4.69, 9.17) is 16.3 Å². The molecule has 1 rings (SSSR count). The minimum absolute atomic E-state index is 0.255. The van der Waals surface area contributed by atoms with Gasteiger partial charge in [0.2, 0.25) is 0 Å². The minimum atomic E-state index is -0.411. The number of ether oxygens (including phenoxy) is 1. The molecule has 0 unspecified atom stereocenters. The van der Waals surface area contributed by atoms with Gasteiger partial charge in [0.05, 0.1) is 18.7 Å². The van der Waals surface area contributed by atoms with Gasteiger partial charge in [0.1, 0.15) is 5.69 Å². The van der Waals surface area contributed by atoms with Crippen LogP contribution in [-0.4, -0.2) is 22.8 Å². The average molecular weight is 189 g/mol. The molecule has 5 heteroatoms. The van der Waals surface area contributed by atoms with Crippen LogP contribution in [0.25, 0.3) is 0 Å². The summed E-state index contributed by atoms with van der Waals surface area (Å²) in [6, 6.07) is 0. The molecule has 66 valence electrons. The fraction of sp³-hybridized carbons (Fsp3) is 0.429. The number of alkyl halides is 1. The summed E-state index contributed by atoms with van der Waals surface area (Å²) in [5.74, 6) is -0.157. The van der Waals surface area contributed by atoms with Crippen LogP contribution in [0.15, 0.2) is 6.20 Å². The quantitative estimate of drug-likeness (QED) is 0.575. The summed E-state index contributed by atoms with van der Waals surface area (Å²) < 4.78 is 4.76. The number of nitrogens with zero attached hydrogens (tertiary/aromatic N) is 1. The largest absolute Gasteiger partial charge is 0.461 e. The first-order chi connectivity index (χ1) is 5.79. The molecule has 0 bridgehead atoms. The number of carbonyl (C=O) groups excluding carboxylic acids is 1. The van der Waals surface area contributed by atoms with Gasteiger partial charge < -0.3 is 4.74 Å². The number of hydrogen-bond donors (Lipinski definition) is 1. The van der Waals surface area contributed by atoms with Crippen molar-refractivity contribution in [3.05, 3.63) is 17.5 Å². The second-order valence-corrected chi connectivity index (χ2v) is 2.39. The lowest BCUT2D eigenvalue weighted by molar-refractivity contribution is 0.0518. The Morgan fingerprint density at radius 1 is 1.83 bits per heavy atom. The molecule has 0 atom stereocenters. The Bertz CT molecular complexity index is 272. The topological polar surface area (TPSA) is 55.0 Å². The molecule has 0 radical (unpaired) electrons. The van der Waals surface area contributed by atoms with Crippen LogP contribution in [-0.2, 0) is 10.6 Å². The van der Waals surface area contributed by atoms with Crippen molar-refractivity contribution in [1.29, 1.82) is 0 Å². The molecule has 0 spiro atoms. The highest BCUT2D eigenvalue weighted by Gasteiger charge is 2.13. The van der Waals surface area contributed by atoms with E-state index in [9.17, 15) is 4.79 Å². The molecule has 0 saturated heterocycles. The molecule has 0 aromatic carbocycles. The van der Waals surface area contributed by atoms with Gasteiger partial charge in [0.25, 0.3) is 0 Å². The summed E-state index contributed by atoms with van der Waals surface area (Å²) in [6.07, 6.45) is 1.51. The first-order valence-electron chi connectivity index (χ1n) is 3.55. The van der Waals surface area contributed by atoms with Gasteiger partial charge in [-0.1, -0.05) is 0 Å². The van der Waals surface area contributed by atoms with E-state index in [2.05, 4.69) is 10.2 Å². The lowest BCUT2D eigenvalue weighted by atomic mass is 10.3. The second kappa shape index (κ2) is 4.11. The van der Waals surface area contributed by atoms with Gasteiger partial charge in [0.15, 0.2) is 0 Å². The number of carbonyl (C=O) groups is 1. The standard InChI is InChI=1S/C7H9ClN2O2/c1-2-12-7(11)6-5(3-8)4-9-10-6/h4H,2-3H2,1H3,(H,9,10). The van der Waals surface area contributed by atoms with Crippen molar-refractivity contribution in [3.8, 4) is 0 Å². The zero-order valence-corrected chi connectivity index (χ0v) is 7.39. The molecule has 1 aromatic heterocycles. The molecular formula is C7H9ClN2O2. The number of esters is 1. The van der Waals surface area contributed by atoms with Crippen LogP contribution in [0.4, 0.5) is 0 Å². The van der Waals surface area contributed by atoms with Gasteiger partial charge in [-0.15, -0.1) is 11.6 Å². The molecule has 0 amide bonds. The third-order valence-corrected chi connectivity index (χ3v) is 1.63. The van der Waals surface area contributed by atoms with Crippen molar-refractivity contribution in [2.75, 3.05) is 6.61 Å². The summed E-state index contributed by atoms with van der Waals surface area (Å²) in [4.78, 5) is 11.1. The fourth-order valence-corrected chi connectivity index (χ4v) is 0.995. The van der Waals surface area contributed by atoms with E-state index in [-0.39, 0.29) is 5.88 Å². The summed E-state index contributed by atoms with van der Waals surface area (Å²) in [7, 11) is 0. The van der Waals surface area contributed by atoms with E-state index in [1.807, 2.05) is 0 Å². The summed E-state index contributed by atoms with van der Waals surface area (Å²) in [5, 5.41) is 6.22. The molecule has 0 saturated carbocycles. The molecule has 0 aliphatic heterocycles. The third kappa shape index (κ3) is 1.76. The molecule has 0 fully saturated rings. The maximum absolute atomic E-state index is 11.1. The second-order valence-electron chi connectivity index (χ2n) is 2.12. The SMILES string of the molecule is CCOC(=O)c1[nH]ncc1CCl. The van der Waals surface area contributed by atoms with Crippen molar-refractivity contribution in [2.24, 2.45) is 0 Å². The summed E-state index contributed by atoms with van der Waals surface area (Å²) in [6.45, 7) is 2.09. The van der Waals surface area contributed by atoms with E-state index in [1.54, 1.807) is 6.92 Å². The summed E-state index contributed by atoms with van der Waals surface area (Å²) >= 11 is 5.55. The molecular weight excluding hydrogens is 180 g/mol. The lowest BCUT2D eigenvalue weighted by Crippen LogP contribution is -2.07. The number of halogens is 1. The van der Waals surface area contributed by atoms with E-state index < -0.39 is 5.97 Å². The van der Waals surface area contributed by atoms with E-state index in [0.717, 1.165) is 0 Å². The Hall–Kier alpha value is -1.03. The van der Waals surface area contributed by atoms with Crippen molar-refractivity contribution >= 4 is 17.6 Å². The number of aromatic amines is 1. The number of aromatic nitrogens is 2. The van der Waals surface area contributed by atoms with Gasteiger partial charge in [-0.25, -0.2) is 4.79 Å². The number of nitrogens with one attached hydrogen (secondary N) is 1. The Morgan fingerprint density at radius 2 is 2.58 bits per heavy atom. The predicted molar refractivity (Wildman–Crippen MR) is 44.1 cm³/mol. The Kier molecular flexibility index (Phi) is 3.10. The highest BCUT2D eigenvalue weighted by atomic mass is 35.5. The highest BCUT2D eigenvalue weighted by Crippen LogP contribution is 2.08. The summed E-state index contributed by atoms with van der Waals surface area (Å²) in [5.41, 5.74) is 1.00. The molecule has 0 aliphatic carbocycles. The number of rotatable bonds is 3. The van der Waals surface area contributed by atoms with Crippen molar-refractivity contribution in [1.82, 2.24) is 10.2 Å². The predicted octanol–water partition coefficient (Wildman–Crippen LogP) is 1.33. The van der Waals surface area contributed by atoms with Gasteiger partial charge in [0, 0.05) is 5.56 Å². The molecule has 12 heavy (non-hydrogen) atoms. The van der Waals surface area contributed by atoms with E-state index >= 15 is 0 Å². The maximum atomic E-state index is 11.1. The van der Waals surface area contributed by atoms with E-state index in [0.29, 0.717) is 17.9 Å². The molecule has 1 heterocycles. The molecule has 4 nitrogen and oxygen atoms in total. The molecule has 1 N–H and O–H groups in total. The van der Waals surface area contributed by atoms with Gasteiger partial charge in [-0.2, -0.15) is 5.10 Å². The fourth-order valence-electron chi connectivity index (χ4n) is 0.792. The van der Waals surface area contributed by atoms with Gasteiger partial charge in [-0.3, -0.25) is 5.10 Å². The smallest absolute Gasteiger partial charge is 0.356 e. The van der Waals surface area contributed by atoms with Crippen LogP contribution < -0.4 is 0 Å². The van der Waals surface area contributed by atoms with Crippen molar-refractivity contribution in [2.45, 2.75) is 12.8 Å². The molecule has 1 aromatic rings. The highest BCUT2D eigenvalue weighted by molar-refractivity contribution is 6.17. The Balaban J connectivity index is 2.79. The van der Waals surface area contributed by atoms with Crippen molar-refractivity contribution < 1.29 is 9.53 Å². The number of H-pyrrole nitrogens is 1. The van der Waals surface area contributed by atoms with Crippen LogP contribution in [0.3, 0.4) is 0 Å². The molecule has 0 aliphatic rings. The van der Waals surface area contributed by atoms with Crippen molar-refractivity contribution in [3.63, 3.8) is 0 Å². The third-order valence-electron chi connectivity index (χ3n) is 1.34. The zero-order valence-electron chi connectivity index (χ0n) is 6.63. The van der Waals surface area contributed by atoms with Crippen LogP contribution in [0.1, 0.15) is 23.0 Å². The van der Waals surface area contributed by atoms with Gasteiger partial charge >= 0.3 is 5.97 Å². The van der Waals surface area contributed by atoms with Crippen LogP contribution in [0.5, 0.6) is 0 Å². The van der Waals surface area contributed by atoms with Crippen LogP contribution >= 0.6 is 11.6 Å². The number of hydrogen-bond acceptors (Lipinski definition) is 3. The maximum Gasteiger partial charge on any atom is 0.356 e. The first kappa shape index (κ1) is 9.06. The Morgan fingerprint density at radius 3 is 3.17 bits per heavy atom. The monoisotopic (exact) mass is 188 g/mol. The minimum Gasteiger partial charge on any atom is -0.461 e. The normalized spacial score (nSPS) is 9.83. The first-order valence-corrected chi connectivity index (χ1v) is 4.08.